The maximum Gasteiger partial charge on any atom is 0.338 e. The van der Waals surface area contributed by atoms with Crippen molar-refractivity contribution in [1.29, 1.82) is 0 Å². The van der Waals surface area contributed by atoms with Crippen LogP contribution in [0.1, 0.15) is 33.9 Å². The molecule has 0 fully saturated rings. The summed E-state index contributed by atoms with van der Waals surface area (Å²) in [5, 5.41) is 11.6. The third-order valence-electron chi connectivity index (χ3n) is 4.63. The van der Waals surface area contributed by atoms with Crippen LogP contribution in [0.25, 0.3) is 20.3 Å². The van der Waals surface area contributed by atoms with Gasteiger partial charge in [-0.25, -0.2) is 4.79 Å². The van der Waals surface area contributed by atoms with E-state index in [1.807, 2.05) is 17.6 Å². The number of esters is 1. The van der Waals surface area contributed by atoms with E-state index in [1.54, 1.807) is 31.2 Å². The third-order valence-corrected chi connectivity index (χ3v) is 6.77. The van der Waals surface area contributed by atoms with E-state index in [4.69, 9.17) is 4.74 Å². The Kier molecular flexibility index (Phi) is 5.66. The van der Waals surface area contributed by atoms with Crippen LogP contribution in [0.4, 0.5) is 5.69 Å². The molecule has 0 aliphatic carbocycles. The molecule has 0 bridgehead atoms. The summed E-state index contributed by atoms with van der Waals surface area (Å²) >= 11 is 2.56. The zero-order valence-corrected chi connectivity index (χ0v) is 18.3. The average Bonchev–Trinajstić information content (AvgIpc) is 3.33. The highest BCUT2D eigenvalue weighted by Gasteiger charge is 2.15. The van der Waals surface area contributed by atoms with E-state index >= 15 is 0 Å². The molecule has 0 saturated heterocycles. The Labute approximate surface area is 184 Å². The lowest BCUT2D eigenvalue weighted by atomic mass is 10.2. The molecular weight excluding hydrogens is 438 g/mol. The smallest absolute Gasteiger partial charge is 0.338 e. The quantitative estimate of drug-likeness (QED) is 0.245. The number of nitro benzene ring substituents is 1. The summed E-state index contributed by atoms with van der Waals surface area (Å²) in [7, 11) is 0. The standard InChI is InChI=1S/C21H17N3O5S2/c1-3-23-15-7-5-12(20(26)29-4-2)10-17(15)31-21(23)22-19(25)18-11-13-9-14(24(27)28)6-8-16(13)30-18/h5-11H,3-4H2,1-2H3. The molecule has 0 spiro atoms. The first-order valence-electron chi connectivity index (χ1n) is 9.48. The topological polar surface area (TPSA) is 104 Å². The maximum atomic E-state index is 12.8. The number of thiophene rings is 1. The summed E-state index contributed by atoms with van der Waals surface area (Å²) < 4.78 is 8.57. The molecule has 0 atom stereocenters. The van der Waals surface area contributed by atoms with Crippen LogP contribution in [0, 0.1) is 10.1 Å². The zero-order chi connectivity index (χ0) is 22.1. The highest BCUT2D eigenvalue weighted by molar-refractivity contribution is 7.21. The first-order valence-corrected chi connectivity index (χ1v) is 11.1. The van der Waals surface area contributed by atoms with Crippen LogP contribution in [0.2, 0.25) is 0 Å². The Hall–Kier alpha value is -3.37. The molecule has 0 aliphatic rings. The fourth-order valence-electron chi connectivity index (χ4n) is 3.20. The van der Waals surface area contributed by atoms with E-state index in [-0.39, 0.29) is 5.69 Å². The molecule has 158 valence electrons. The number of fused-ring (bicyclic) bond motifs is 2. The first-order chi connectivity index (χ1) is 14.9. The molecular formula is C21H17N3O5S2. The maximum absolute atomic E-state index is 12.8. The predicted octanol–water partition coefficient (Wildman–Crippen LogP) is 4.76. The van der Waals surface area contributed by atoms with Gasteiger partial charge in [0.1, 0.15) is 0 Å². The number of ether oxygens (including phenoxy) is 1. The fourth-order valence-corrected chi connectivity index (χ4v) is 5.26. The number of benzene rings is 2. The second-order valence-corrected chi connectivity index (χ2v) is 8.63. The van der Waals surface area contributed by atoms with Gasteiger partial charge in [0.15, 0.2) is 4.80 Å². The zero-order valence-electron chi connectivity index (χ0n) is 16.7. The number of thiazole rings is 1. The molecule has 4 aromatic rings. The number of amides is 1. The number of rotatable bonds is 5. The van der Waals surface area contributed by atoms with Gasteiger partial charge in [-0.1, -0.05) is 11.3 Å². The molecule has 4 rings (SSSR count). The fraction of sp³-hybridized carbons (Fsp3) is 0.190. The molecule has 31 heavy (non-hydrogen) atoms. The van der Waals surface area contributed by atoms with Gasteiger partial charge in [0.2, 0.25) is 0 Å². The molecule has 8 nitrogen and oxygen atoms in total. The third kappa shape index (κ3) is 3.99. The molecule has 0 radical (unpaired) electrons. The van der Waals surface area contributed by atoms with Crippen LogP contribution in [-0.2, 0) is 11.3 Å². The Morgan fingerprint density at radius 2 is 1.90 bits per heavy atom. The van der Waals surface area contributed by atoms with Gasteiger partial charge in [-0.2, -0.15) is 4.99 Å². The van der Waals surface area contributed by atoms with Crippen LogP contribution in [0.15, 0.2) is 47.5 Å². The van der Waals surface area contributed by atoms with Gasteiger partial charge in [0.25, 0.3) is 11.6 Å². The van der Waals surface area contributed by atoms with Gasteiger partial charge in [0, 0.05) is 28.8 Å². The largest absolute Gasteiger partial charge is 0.462 e. The molecule has 0 aliphatic heterocycles. The van der Waals surface area contributed by atoms with Gasteiger partial charge in [-0.3, -0.25) is 14.9 Å². The normalized spacial score (nSPS) is 11.9. The molecule has 0 N–H and O–H groups in total. The van der Waals surface area contributed by atoms with Crippen LogP contribution >= 0.6 is 22.7 Å². The van der Waals surface area contributed by atoms with Crippen molar-refractivity contribution in [3.8, 4) is 0 Å². The Morgan fingerprint density at radius 3 is 2.61 bits per heavy atom. The number of aromatic nitrogens is 1. The van der Waals surface area contributed by atoms with Gasteiger partial charge in [-0.05, 0) is 44.2 Å². The van der Waals surface area contributed by atoms with Crippen molar-refractivity contribution in [2.24, 2.45) is 4.99 Å². The number of non-ortho nitro benzene ring substituents is 1. The van der Waals surface area contributed by atoms with Crippen molar-refractivity contribution in [3.05, 3.63) is 67.8 Å². The molecule has 2 heterocycles. The van der Waals surface area contributed by atoms with Crippen LogP contribution in [0.5, 0.6) is 0 Å². The highest BCUT2D eigenvalue weighted by atomic mass is 32.1. The van der Waals surface area contributed by atoms with Crippen LogP contribution < -0.4 is 4.80 Å². The van der Waals surface area contributed by atoms with Crippen molar-refractivity contribution < 1.29 is 19.2 Å². The summed E-state index contributed by atoms with van der Waals surface area (Å²) in [6.07, 6.45) is 0. The SMILES string of the molecule is CCOC(=O)c1ccc2c(c1)sc(=NC(=O)c1cc3cc([N+](=O)[O-])ccc3s1)n2CC. The monoisotopic (exact) mass is 455 g/mol. The van der Waals surface area contributed by atoms with E-state index in [9.17, 15) is 19.7 Å². The number of hydrogen-bond acceptors (Lipinski definition) is 7. The summed E-state index contributed by atoms with van der Waals surface area (Å²) in [5.41, 5.74) is 1.30. The minimum Gasteiger partial charge on any atom is -0.462 e. The predicted molar refractivity (Wildman–Crippen MR) is 120 cm³/mol. The average molecular weight is 456 g/mol. The number of hydrogen-bond donors (Lipinski definition) is 0. The lowest BCUT2D eigenvalue weighted by molar-refractivity contribution is -0.384. The van der Waals surface area contributed by atoms with E-state index < -0.39 is 16.8 Å². The van der Waals surface area contributed by atoms with Gasteiger partial charge >= 0.3 is 5.97 Å². The van der Waals surface area contributed by atoms with Gasteiger partial charge in [0.05, 0.1) is 32.2 Å². The lowest BCUT2D eigenvalue weighted by Gasteiger charge is -2.03. The molecule has 1 amide bonds. The lowest BCUT2D eigenvalue weighted by Crippen LogP contribution is -2.15. The van der Waals surface area contributed by atoms with Gasteiger partial charge < -0.3 is 9.30 Å². The summed E-state index contributed by atoms with van der Waals surface area (Å²) in [6.45, 7) is 4.60. The molecule has 0 unspecified atom stereocenters. The Balaban J connectivity index is 1.75. The van der Waals surface area contributed by atoms with E-state index in [2.05, 4.69) is 4.99 Å². The number of nitro groups is 1. The molecule has 2 aromatic heterocycles. The Morgan fingerprint density at radius 1 is 1.10 bits per heavy atom. The number of carbonyl (C=O) groups excluding carboxylic acids is 2. The minimum atomic E-state index is -0.463. The summed E-state index contributed by atoms with van der Waals surface area (Å²) in [6, 6.07) is 11.4. The second-order valence-electron chi connectivity index (χ2n) is 6.54. The second kappa shape index (κ2) is 8.40. The van der Waals surface area contributed by atoms with Crippen molar-refractivity contribution in [3.63, 3.8) is 0 Å². The summed E-state index contributed by atoms with van der Waals surface area (Å²) in [4.78, 5) is 40.6. The first kappa shape index (κ1) is 20.9. The van der Waals surface area contributed by atoms with Crippen molar-refractivity contribution in [2.45, 2.75) is 20.4 Å². The molecule has 10 heteroatoms. The highest BCUT2D eigenvalue weighted by Crippen LogP contribution is 2.29. The van der Waals surface area contributed by atoms with Crippen LogP contribution in [-0.4, -0.2) is 28.0 Å². The number of aryl methyl sites for hydroxylation is 1. The van der Waals surface area contributed by atoms with Crippen molar-refractivity contribution >= 4 is 60.5 Å². The number of nitrogens with zero attached hydrogens (tertiary/aromatic N) is 3. The van der Waals surface area contributed by atoms with E-state index in [0.29, 0.717) is 33.8 Å². The van der Waals surface area contributed by atoms with Gasteiger partial charge in [-0.15, -0.1) is 11.3 Å². The van der Waals surface area contributed by atoms with Crippen molar-refractivity contribution in [2.75, 3.05) is 6.61 Å². The molecule has 2 aromatic carbocycles. The van der Waals surface area contributed by atoms with Crippen LogP contribution in [0.3, 0.4) is 0 Å². The Bertz CT molecular complexity index is 1410. The van der Waals surface area contributed by atoms with E-state index in [1.165, 1.54) is 34.8 Å². The number of carbonyl (C=O) groups is 2. The summed E-state index contributed by atoms with van der Waals surface area (Å²) in [5.74, 6) is -0.807. The van der Waals surface area contributed by atoms with Crippen molar-refractivity contribution in [1.82, 2.24) is 4.57 Å². The van der Waals surface area contributed by atoms with E-state index in [0.717, 1.165) is 14.9 Å². The minimum absolute atomic E-state index is 0.0213. The molecule has 0 saturated carbocycles.